The fourth-order valence-electron chi connectivity index (χ4n) is 1.67. The van der Waals surface area contributed by atoms with Gasteiger partial charge in [0.2, 0.25) is 0 Å². The molecule has 0 aliphatic heterocycles. The number of nitrogens with two attached hydrogens (primary N) is 1. The van der Waals surface area contributed by atoms with Crippen molar-refractivity contribution in [2.75, 3.05) is 40.8 Å². The van der Waals surface area contributed by atoms with Crippen molar-refractivity contribution in [3.05, 3.63) is 20.3 Å². The highest BCUT2D eigenvalue weighted by atomic mass is 79.9. The van der Waals surface area contributed by atoms with E-state index in [1.54, 1.807) is 0 Å². The number of halogens is 1. The summed E-state index contributed by atoms with van der Waals surface area (Å²) in [6.07, 6.45) is 0. The van der Waals surface area contributed by atoms with Crippen LogP contribution in [-0.4, -0.2) is 50.6 Å². The zero-order chi connectivity index (χ0) is 13.0. The second-order valence-corrected chi connectivity index (χ2v) is 6.73. The molecule has 0 saturated heterocycles. The van der Waals surface area contributed by atoms with Crippen LogP contribution in [0.2, 0.25) is 0 Å². The minimum absolute atomic E-state index is 0.324. The SMILES string of the molecule is Cc1sc(C(CN)N(C)CCN(C)C)cc1Br. The van der Waals surface area contributed by atoms with Crippen LogP contribution >= 0.6 is 27.3 Å². The topological polar surface area (TPSA) is 32.5 Å². The lowest BCUT2D eigenvalue weighted by Gasteiger charge is -2.27. The van der Waals surface area contributed by atoms with Gasteiger partial charge >= 0.3 is 0 Å². The molecule has 0 spiro atoms. The first-order valence-electron chi connectivity index (χ1n) is 5.76. The number of likely N-dealkylation sites (N-methyl/N-ethyl adjacent to an activating group) is 2. The predicted octanol–water partition coefficient (Wildman–Crippen LogP) is 2.31. The van der Waals surface area contributed by atoms with Gasteiger partial charge in [-0.3, -0.25) is 4.90 Å². The summed E-state index contributed by atoms with van der Waals surface area (Å²) in [6.45, 7) is 4.88. The quantitative estimate of drug-likeness (QED) is 0.873. The third-order valence-corrected chi connectivity index (χ3v) is 5.10. The van der Waals surface area contributed by atoms with Crippen LogP contribution < -0.4 is 5.73 Å². The van der Waals surface area contributed by atoms with Crippen LogP contribution in [0.4, 0.5) is 0 Å². The molecule has 1 rings (SSSR count). The van der Waals surface area contributed by atoms with Gasteiger partial charge in [0.1, 0.15) is 0 Å². The fraction of sp³-hybridized carbons (Fsp3) is 0.667. The van der Waals surface area contributed by atoms with Gasteiger partial charge in [-0.25, -0.2) is 0 Å². The first-order chi connectivity index (χ1) is 7.95. The molecular formula is C12H22BrN3S. The van der Waals surface area contributed by atoms with Crippen molar-refractivity contribution in [3.63, 3.8) is 0 Å². The highest BCUT2D eigenvalue weighted by molar-refractivity contribution is 9.10. The first-order valence-corrected chi connectivity index (χ1v) is 7.37. The second-order valence-electron chi connectivity index (χ2n) is 4.59. The molecule has 0 fully saturated rings. The van der Waals surface area contributed by atoms with E-state index in [0.717, 1.165) is 13.1 Å². The number of hydrogen-bond acceptors (Lipinski definition) is 4. The smallest absolute Gasteiger partial charge is 0.0562 e. The highest BCUT2D eigenvalue weighted by Gasteiger charge is 2.18. The van der Waals surface area contributed by atoms with E-state index >= 15 is 0 Å². The van der Waals surface area contributed by atoms with Gasteiger partial charge in [-0.15, -0.1) is 11.3 Å². The summed E-state index contributed by atoms with van der Waals surface area (Å²) < 4.78 is 1.19. The Bertz CT molecular complexity index is 332. The van der Waals surface area contributed by atoms with Gasteiger partial charge in [-0.1, -0.05) is 0 Å². The third kappa shape index (κ3) is 4.34. The molecule has 3 nitrogen and oxygen atoms in total. The maximum absolute atomic E-state index is 5.91. The van der Waals surface area contributed by atoms with Crippen LogP contribution in [0.15, 0.2) is 10.5 Å². The van der Waals surface area contributed by atoms with E-state index in [-0.39, 0.29) is 0 Å². The third-order valence-electron chi connectivity index (χ3n) is 2.86. The predicted molar refractivity (Wildman–Crippen MR) is 79.7 cm³/mol. The summed E-state index contributed by atoms with van der Waals surface area (Å²) in [4.78, 5) is 7.19. The Morgan fingerprint density at radius 1 is 1.35 bits per heavy atom. The van der Waals surface area contributed by atoms with Gasteiger partial charge in [-0.05, 0) is 50.1 Å². The second kappa shape index (κ2) is 6.85. The Hall–Kier alpha value is 0.0600. The molecule has 5 heteroatoms. The van der Waals surface area contributed by atoms with Gasteiger partial charge in [0, 0.05) is 33.9 Å². The van der Waals surface area contributed by atoms with E-state index in [0.29, 0.717) is 12.6 Å². The Morgan fingerprint density at radius 2 is 2.00 bits per heavy atom. The molecule has 0 aliphatic carbocycles. The Labute approximate surface area is 117 Å². The molecule has 1 atom stereocenters. The first kappa shape index (κ1) is 15.1. The standard InChI is InChI=1S/C12H22BrN3S/c1-9-10(13)7-12(17-9)11(8-14)16(4)6-5-15(2)3/h7,11H,5-6,8,14H2,1-4H3. The summed E-state index contributed by atoms with van der Waals surface area (Å²) >= 11 is 5.40. The summed E-state index contributed by atoms with van der Waals surface area (Å²) in [5, 5.41) is 0. The van der Waals surface area contributed by atoms with Crippen LogP contribution in [0.5, 0.6) is 0 Å². The van der Waals surface area contributed by atoms with Gasteiger partial charge in [0.25, 0.3) is 0 Å². The number of rotatable bonds is 6. The van der Waals surface area contributed by atoms with Gasteiger partial charge in [-0.2, -0.15) is 0 Å². The number of thiophene rings is 1. The molecule has 0 aliphatic rings. The van der Waals surface area contributed by atoms with E-state index in [4.69, 9.17) is 5.73 Å². The van der Waals surface area contributed by atoms with Crippen molar-refractivity contribution in [2.45, 2.75) is 13.0 Å². The molecule has 98 valence electrons. The zero-order valence-electron chi connectivity index (χ0n) is 11.0. The number of nitrogens with zero attached hydrogens (tertiary/aromatic N) is 2. The van der Waals surface area contributed by atoms with Crippen molar-refractivity contribution < 1.29 is 0 Å². The number of hydrogen-bond donors (Lipinski definition) is 1. The Kier molecular flexibility index (Phi) is 6.09. The van der Waals surface area contributed by atoms with E-state index in [2.05, 4.69) is 59.9 Å². The fourth-order valence-corrected chi connectivity index (χ4v) is 3.41. The van der Waals surface area contributed by atoms with E-state index < -0.39 is 0 Å². The number of aryl methyl sites for hydroxylation is 1. The molecule has 0 amide bonds. The molecule has 1 aromatic heterocycles. The van der Waals surface area contributed by atoms with Crippen LogP contribution in [0.3, 0.4) is 0 Å². The Morgan fingerprint density at radius 3 is 2.41 bits per heavy atom. The van der Waals surface area contributed by atoms with E-state index in [9.17, 15) is 0 Å². The molecule has 17 heavy (non-hydrogen) atoms. The lowest BCUT2D eigenvalue weighted by atomic mass is 10.2. The normalized spacial score (nSPS) is 13.6. The average molecular weight is 320 g/mol. The summed E-state index contributed by atoms with van der Waals surface area (Å²) in [5.74, 6) is 0. The van der Waals surface area contributed by atoms with Gasteiger partial charge in [0.15, 0.2) is 0 Å². The van der Waals surface area contributed by atoms with E-state index in [1.165, 1.54) is 14.2 Å². The molecule has 0 bridgehead atoms. The molecule has 0 aromatic carbocycles. The molecule has 1 unspecified atom stereocenters. The van der Waals surface area contributed by atoms with Crippen molar-refractivity contribution in [1.29, 1.82) is 0 Å². The molecule has 0 radical (unpaired) electrons. The lowest BCUT2D eigenvalue weighted by molar-refractivity contribution is 0.225. The average Bonchev–Trinajstić information content (AvgIpc) is 2.57. The van der Waals surface area contributed by atoms with Crippen LogP contribution in [0, 0.1) is 6.92 Å². The molecular weight excluding hydrogens is 298 g/mol. The summed E-state index contributed by atoms with van der Waals surface area (Å²) in [7, 11) is 6.33. The molecule has 1 aromatic rings. The monoisotopic (exact) mass is 319 g/mol. The van der Waals surface area contributed by atoms with Crippen LogP contribution in [0.25, 0.3) is 0 Å². The summed E-state index contributed by atoms with van der Waals surface area (Å²) in [6, 6.07) is 2.52. The lowest BCUT2D eigenvalue weighted by Crippen LogP contribution is -2.35. The maximum Gasteiger partial charge on any atom is 0.0562 e. The minimum Gasteiger partial charge on any atom is -0.329 e. The minimum atomic E-state index is 0.324. The van der Waals surface area contributed by atoms with Crippen molar-refractivity contribution in [3.8, 4) is 0 Å². The van der Waals surface area contributed by atoms with Crippen LogP contribution in [0.1, 0.15) is 15.8 Å². The van der Waals surface area contributed by atoms with Gasteiger partial charge < -0.3 is 10.6 Å². The molecule has 0 saturated carbocycles. The summed E-state index contributed by atoms with van der Waals surface area (Å²) in [5.41, 5.74) is 5.91. The Balaban J connectivity index is 2.70. The molecule has 1 heterocycles. The van der Waals surface area contributed by atoms with E-state index in [1.807, 2.05) is 11.3 Å². The van der Waals surface area contributed by atoms with Crippen molar-refractivity contribution in [1.82, 2.24) is 9.80 Å². The van der Waals surface area contributed by atoms with Crippen LogP contribution in [-0.2, 0) is 0 Å². The highest BCUT2D eigenvalue weighted by Crippen LogP contribution is 2.32. The zero-order valence-corrected chi connectivity index (χ0v) is 13.4. The van der Waals surface area contributed by atoms with Crippen molar-refractivity contribution >= 4 is 27.3 Å². The maximum atomic E-state index is 5.91. The largest absolute Gasteiger partial charge is 0.329 e. The van der Waals surface area contributed by atoms with Gasteiger partial charge in [0.05, 0.1) is 6.04 Å². The molecule has 2 N–H and O–H groups in total. The van der Waals surface area contributed by atoms with Crippen molar-refractivity contribution in [2.24, 2.45) is 5.73 Å².